The molecule has 0 amide bonds. The predicted octanol–water partition coefficient (Wildman–Crippen LogP) is 7.91. The molecule has 318 valence electrons. The molecule has 2 aromatic carbocycles. The second-order valence-electron chi connectivity index (χ2n) is 17.2. The van der Waals surface area contributed by atoms with E-state index in [0.717, 1.165) is 75.3 Å². The van der Waals surface area contributed by atoms with E-state index in [1.165, 1.54) is 19.4 Å². The third kappa shape index (κ3) is 8.91. The zero-order valence-corrected chi connectivity index (χ0v) is 35.6. The van der Waals surface area contributed by atoms with Gasteiger partial charge in [0, 0.05) is 67.5 Å². The number of nitrogens with zero attached hydrogens (tertiary/aromatic N) is 2. The number of aromatic nitrogens is 1. The van der Waals surface area contributed by atoms with Gasteiger partial charge in [-0.2, -0.15) is 0 Å². The number of ether oxygens (including phenoxy) is 4. The summed E-state index contributed by atoms with van der Waals surface area (Å²) in [6.45, 7) is 1.72. The van der Waals surface area contributed by atoms with Crippen LogP contribution in [-0.2, 0) is 27.1 Å². The Morgan fingerprint density at radius 2 is 1.88 bits per heavy atom. The summed E-state index contributed by atoms with van der Waals surface area (Å²) in [5.74, 6) is 0.156. The van der Waals surface area contributed by atoms with Crippen LogP contribution in [0, 0.1) is 11.8 Å². The van der Waals surface area contributed by atoms with Gasteiger partial charge in [-0.25, -0.2) is 0 Å². The first-order valence-corrected chi connectivity index (χ1v) is 23.5. The Kier molecular flexibility index (Phi) is 12.7. The van der Waals surface area contributed by atoms with Crippen LogP contribution in [0.15, 0.2) is 59.9 Å². The molecule has 2 aliphatic heterocycles. The van der Waals surface area contributed by atoms with Crippen molar-refractivity contribution < 1.29 is 39.1 Å². The molecule has 8 atom stereocenters. The van der Waals surface area contributed by atoms with Crippen molar-refractivity contribution in [1.82, 2.24) is 10.3 Å². The molecule has 12 nitrogen and oxygen atoms in total. The number of hydrogen-bond donors (Lipinski definition) is 5. The van der Waals surface area contributed by atoms with E-state index in [0.29, 0.717) is 36.5 Å². The third-order valence-electron chi connectivity index (χ3n) is 13.5. The second kappa shape index (κ2) is 17.9. The van der Waals surface area contributed by atoms with E-state index in [-0.39, 0.29) is 75.2 Å². The Morgan fingerprint density at radius 3 is 2.66 bits per heavy atom. The minimum Gasteiger partial charge on any atom is -0.504 e. The Morgan fingerprint density at radius 1 is 1.03 bits per heavy atom. The molecule has 3 heterocycles. The number of phenolic OH excluding ortho intramolecular Hbond substituents is 3. The zero-order chi connectivity index (χ0) is 41.1. The molecule has 3 aromatic rings. The zero-order valence-electron chi connectivity index (χ0n) is 34.0. The smallest absolute Gasteiger partial charge is 0.302 e. The number of phenols is 3. The molecule has 1 aromatic heterocycles. The maximum absolute atomic E-state index is 12.7. The highest BCUT2D eigenvalue weighted by molar-refractivity contribution is 8.77. The van der Waals surface area contributed by atoms with Gasteiger partial charge < -0.3 is 45.3 Å². The van der Waals surface area contributed by atoms with Crippen LogP contribution < -0.4 is 20.5 Å². The number of fused-ring (bicyclic) bond motifs is 8. The molecular formula is C45H58N4O8S2. The van der Waals surface area contributed by atoms with E-state index in [1.807, 2.05) is 45.9 Å². The lowest BCUT2D eigenvalue weighted by molar-refractivity contribution is -0.191. The number of nitrogens with two attached hydrogens (primary N) is 1. The lowest BCUT2D eigenvalue weighted by Gasteiger charge is -2.56. The van der Waals surface area contributed by atoms with Gasteiger partial charge in [-0.1, -0.05) is 53.0 Å². The van der Waals surface area contributed by atoms with Crippen molar-refractivity contribution in [3.05, 3.63) is 71.5 Å². The number of aromatic hydroxyl groups is 3. The van der Waals surface area contributed by atoms with Gasteiger partial charge in [-0.3, -0.25) is 14.8 Å². The summed E-state index contributed by atoms with van der Waals surface area (Å²) in [4.78, 5) is 21.3. The lowest BCUT2D eigenvalue weighted by atomic mass is 9.66. The fourth-order valence-electron chi connectivity index (χ4n) is 10.6. The van der Waals surface area contributed by atoms with Crippen molar-refractivity contribution in [1.29, 1.82) is 0 Å². The average molecular weight is 847 g/mol. The number of benzene rings is 2. The number of guanidine groups is 1. The minimum absolute atomic E-state index is 0.00244. The van der Waals surface area contributed by atoms with E-state index in [4.69, 9.17) is 24.7 Å². The summed E-state index contributed by atoms with van der Waals surface area (Å²) in [5, 5.41) is 37.0. The molecule has 4 bridgehead atoms. The Balaban J connectivity index is 1.15. The van der Waals surface area contributed by atoms with Gasteiger partial charge in [0.2, 0.25) is 5.75 Å². The van der Waals surface area contributed by atoms with Gasteiger partial charge in [0.1, 0.15) is 12.2 Å². The Labute approximate surface area is 354 Å². The lowest BCUT2D eigenvalue weighted by Crippen LogP contribution is -2.67. The molecule has 14 heteroatoms. The van der Waals surface area contributed by atoms with Gasteiger partial charge in [0.15, 0.2) is 29.0 Å². The number of rotatable bonds is 7. The monoisotopic (exact) mass is 846 g/mol. The molecule has 3 saturated carbocycles. The Hall–Kier alpha value is -4.01. The van der Waals surface area contributed by atoms with E-state index >= 15 is 0 Å². The highest BCUT2D eigenvalue weighted by Crippen LogP contribution is 2.60. The molecule has 0 unspecified atom stereocenters. The number of nitrogens with one attached hydrogen (secondary N) is 1. The SMILES string of the molecule is CN=C(N)N[C@@]12CCC[C@H](C1)Oc1cc(ccc1O)C[C@@H]1[C@H]3O[C@H](c4cc(O)c(O)c(OCCc5cccnc5)c4)C[C@@H](OC(C)=O)[C@@H]3CC[C@H]1SSC21CCCCC1. The van der Waals surface area contributed by atoms with Gasteiger partial charge >= 0.3 is 5.97 Å². The van der Waals surface area contributed by atoms with Crippen molar-refractivity contribution in [2.24, 2.45) is 22.6 Å². The van der Waals surface area contributed by atoms with Gasteiger partial charge in [-0.05, 0) is 98.4 Å². The molecule has 8 rings (SSSR count). The van der Waals surface area contributed by atoms with Gasteiger partial charge in [-0.15, -0.1) is 0 Å². The largest absolute Gasteiger partial charge is 0.504 e. The molecule has 4 fully saturated rings. The summed E-state index contributed by atoms with van der Waals surface area (Å²) in [7, 11) is 5.74. The van der Waals surface area contributed by atoms with E-state index in [2.05, 4.69) is 15.3 Å². The number of esters is 1. The number of hydrogen-bond acceptors (Lipinski definition) is 12. The maximum Gasteiger partial charge on any atom is 0.302 e. The number of carbonyl (C=O) groups excluding carboxylic acids is 1. The number of aliphatic imine (C=N–C) groups is 1. The molecule has 5 aliphatic rings. The van der Waals surface area contributed by atoms with Crippen molar-refractivity contribution in [3.8, 4) is 28.7 Å². The van der Waals surface area contributed by atoms with Crippen molar-refractivity contribution in [2.45, 2.75) is 137 Å². The van der Waals surface area contributed by atoms with Crippen molar-refractivity contribution in [2.75, 3.05) is 13.7 Å². The van der Waals surface area contributed by atoms with E-state index in [1.54, 1.807) is 31.6 Å². The molecule has 1 saturated heterocycles. The topological polar surface area (TPSA) is 178 Å². The summed E-state index contributed by atoms with van der Waals surface area (Å²) < 4.78 is 26.0. The van der Waals surface area contributed by atoms with Crippen LogP contribution >= 0.6 is 21.6 Å². The van der Waals surface area contributed by atoms with E-state index in [9.17, 15) is 20.1 Å². The maximum atomic E-state index is 12.7. The average Bonchev–Trinajstić information content (AvgIpc) is 3.23. The highest BCUT2D eigenvalue weighted by atomic mass is 33.1. The summed E-state index contributed by atoms with van der Waals surface area (Å²) >= 11 is 0. The van der Waals surface area contributed by atoms with Crippen LogP contribution in [0.25, 0.3) is 0 Å². The molecular weight excluding hydrogens is 789 g/mol. The standard InChI is InChI=1S/C45H58N4O8S2/c1-27(50)55-37-24-36(30-22-35(52)41(53)39(23-30)54-19-14-28-8-7-18-48-26-28)57-42-32(37)11-13-40-33(42)20-29-10-12-34(51)38(21-29)56-31-9-6-15-44(25-31,49-43(46)47-2)45(59-58-40)16-4-3-5-17-45/h7-8,10,12,18,21-23,26,31-33,36-37,40,42,51-53H,3-6,9,11,13-17,19-20,24-25H2,1-2H3,(H3,46,47,49)/t31-,32+,33+,36+,37-,40-,42+,44+/m1/s1. The van der Waals surface area contributed by atoms with Crippen molar-refractivity contribution >= 4 is 33.5 Å². The normalized spacial score (nSPS) is 30.5. The van der Waals surface area contributed by atoms with Crippen molar-refractivity contribution in [3.63, 3.8) is 0 Å². The first-order chi connectivity index (χ1) is 28.5. The fraction of sp³-hybridized carbons (Fsp3) is 0.578. The highest BCUT2D eigenvalue weighted by Gasteiger charge is 2.57. The molecule has 3 aliphatic carbocycles. The van der Waals surface area contributed by atoms with Gasteiger partial charge in [0.25, 0.3) is 0 Å². The third-order valence-corrected chi connectivity index (χ3v) is 17.5. The molecule has 59 heavy (non-hydrogen) atoms. The first kappa shape index (κ1) is 41.7. The van der Waals surface area contributed by atoms with Crippen LogP contribution in [0.4, 0.5) is 0 Å². The van der Waals surface area contributed by atoms with E-state index < -0.39 is 12.2 Å². The predicted molar refractivity (Wildman–Crippen MR) is 230 cm³/mol. The Bertz CT molecular complexity index is 1980. The van der Waals surface area contributed by atoms with Crippen LogP contribution in [0.5, 0.6) is 28.7 Å². The fourth-order valence-corrected chi connectivity index (χ4v) is 15.0. The van der Waals surface area contributed by atoms with Crippen LogP contribution in [0.1, 0.15) is 107 Å². The van der Waals surface area contributed by atoms with Gasteiger partial charge in [0.05, 0.1) is 24.4 Å². The number of pyridine rings is 1. The molecule has 0 radical (unpaired) electrons. The summed E-state index contributed by atoms with van der Waals surface area (Å²) in [6.07, 6.45) is 14.6. The molecule has 1 spiro atoms. The summed E-state index contributed by atoms with van der Waals surface area (Å²) in [5.41, 5.74) is 8.85. The number of carbonyl (C=O) groups is 1. The first-order valence-electron chi connectivity index (χ1n) is 21.3. The van der Waals surface area contributed by atoms with Crippen LogP contribution in [0.3, 0.4) is 0 Å². The van der Waals surface area contributed by atoms with Crippen LogP contribution in [0.2, 0.25) is 0 Å². The quantitative estimate of drug-likeness (QED) is 0.0510. The molecule has 6 N–H and O–H groups in total. The van der Waals surface area contributed by atoms with Crippen LogP contribution in [-0.4, -0.2) is 79.7 Å². The second-order valence-corrected chi connectivity index (χ2v) is 20.0. The summed E-state index contributed by atoms with van der Waals surface area (Å²) in [6, 6.07) is 12.8. The minimum atomic E-state index is -0.555.